The number of nitrogens with one attached hydrogen (secondary N) is 1. The number of nitrogens with zero attached hydrogens (tertiary/aromatic N) is 3. The third-order valence-electron chi connectivity index (χ3n) is 2.87. The van der Waals surface area contributed by atoms with Crippen molar-refractivity contribution in [3.63, 3.8) is 0 Å². The molecule has 0 spiro atoms. The van der Waals surface area contributed by atoms with Crippen LogP contribution >= 0.6 is 11.3 Å². The normalized spacial score (nSPS) is 13.1. The van der Waals surface area contributed by atoms with Crippen LogP contribution in [0.1, 0.15) is 38.2 Å². The highest BCUT2D eigenvalue weighted by Crippen LogP contribution is 2.09. The van der Waals surface area contributed by atoms with E-state index in [2.05, 4.69) is 53.0 Å². The van der Waals surface area contributed by atoms with E-state index < -0.39 is 0 Å². The summed E-state index contributed by atoms with van der Waals surface area (Å²) in [5, 5.41) is 12.1. The highest BCUT2D eigenvalue weighted by Gasteiger charge is 2.09. The molecule has 0 radical (unpaired) electrons. The molecule has 2 heterocycles. The first-order chi connectivity index (χ1) is 8.66. The van der Waals surface area contributed by atoms with Gasteiger partial charge in [0.1, 0.15) is 12.2 Å². The van der Waals surface area contributed by atoms with Crippen LogP contribution in [0.2, 0.25) is 0 Å². The van der Waals surface area contributed by atoms with Crippen LogP contribution in [0.15, 0.2) is 23.2 Å². The SMILES string of the molecule is CC(Cc1ccsc1)NCc1ncnn1C(C)C. The minimum atomic E-state index is 0.358. The van der Waals surface area contributed by atoms with E-state index in [1.807, 2.05) is 4.68 Å². The summed E-state index contributed by atoms with van der Waals surface area (Å²) in [6.45, 7) is 7.21. The fourth-order valence-electron chi connectivity index (χ4n) is 1.93. The molecule has 0 fully saturated rings. The van der Waals surface area contributed by atoms with E-state index in [1.165, 1.54) is 5.56 Å². The lowest BCUT2D eigenvalue weighted by Gasteiger charge is -2.14. The number of aromatic nitrogens is 3. The van der Waals surface area contributed by atoms with Crippen molar-refractivity contribution in [2.45, 2.75) is 45.8 Å². The predicted molar refractivity (Wildman–Crippen MR) is 74.7 cm³/mol. The van der Waals surface area contributed by atoms with Crippen molar-refractivity contribution >= 4 is 11.3 Å². The molecule has 4 nitrogen and oxygen atoms in total. The Morgan fingerprint density at radius 1 is 1.39 bits per heavy atom. The molecule has 2 aromatic rings. The molecule has 1 unspecified atom stereocenters. The Labute approximate surface area is 112 Å². The zero-order valence-corrected chi connectivity index (χ0v) is 11.9. The molecule has 0 bridgehead atoms. The van der Waals surface area contributed by atoms with Gasteiger partial charge in [-0.15, -0.1) is 0 Å². The van der Waals surface area contributed by atoms with Gasteiger partial charge in [-0.2, -0.15) is 16.4 Å². The van der Waals surface area contributed by atoms with Crippen molar-refractivity contribution in [2.24, 2.45) is 0 Å². The first-order valence-electron chi connectivity index (χ1n) is 6.29. The number of thiophene rings is 1. The Morgan fingerprint density at radius 3 is 2.89 bits per heavy atom. The van der Waals surface area contributed by atoms with Crippen molar-refractivity contribution in [1.29, 1.82) is 0 Å². The Bertz CT molecular complexity index is 461. The van der Waals surface area contributed by atoms with Crippen LogP contribution in [-0.4, -0.2) is 20.8 Å². The summed E-state index contributed by atoms with van der Waals surface area (Å²) in [5.74, 6) is 1.00. The molecule has 0 saturated carbocycles. The molecule has 0 aliphatic heterocycles. The Balaban J connectivity index is 1.85. The molecular formula is C13H20N4S. The molecule has 0 saturated heterocycles. The maximum atomic E-state index is 4.30. The van der Waals surface area contributed by atoms with E-state index in [9.17, 15) is 0 Å². The van der Waals surface area contributed by atoms with E-state index in [-0.39, 0.29) is 0 Å². The lowest BCUT2D eigenvalue weighted by atomic mass is 10.1. The van der Waals surface area contributed by atoms with Gasteiger partial charge >= 0.3 is 0 Å². The van der Waals surface area contributed by atoms with Crippen LogP contribution in [0.3, 0.4) is 0 Å². The van der Waals surface area contributed by atoms with Gasteiger partial charge < -0.3 is 5.32 Å². The lowest BCUT2D eigenvalue weighted by molar-refractivity contribution is 0.467. The van der Waals surface area contributed by atoms with Crippen LogP contribution in [-0.2, 0) is 13.0 Å². The largest absolute Gasteiger partial charge is 0.307 e. The van der Waals surface area contributed by atoms with Crippen LogP contribution < -0.4 is 5.32 Å². The van der Waals surface area contributed by atoms with Crippen LogP contribution in [0, 0.1) is 0 Å². The second-order valence-corrected chi connectivity index (χ2v) is 5.61. The van der Waals surface area contributed by atoms with E-state index >= 15 is 0 Å². The number of hydrogen-bond donors (Lipinski definition) is 1. The average molecular weight is 264 g/mol. The molecule has 0 aliphatic rings. The summed E-state index contributed by atoms with van der Waals surface area (Å²) in [5.41, 5.74) is 1.39. The van der Waals surface area contributed by atoms with Gasteiger partial charge in [0.05, 0.1) is 6.54 Å². The van der Waals surface area contributed by atoms with Gasteiger partial charge in [-0.25, -0.2) is 9.67 Å². The lowest BCUT2D eigenvalue weighted by Crippen LogP contribution is -2.29. The molecular weight excluding hydrogens is 244 g/mol. The molecule has 1 N–H and O–H groups in total. The fourth-order valence-corrected chi connectivity index (χ4v) is 2.61. The Hall–Kier alpha value is -1.20. The minimum absolute atomic E-state index is 0.358. The second-order valence-electron chi connectivity index (χ2n) is 4.83. The Kier molecular flexibility index (Phi) is 4.49. The van der Waals surface area contributed by atoms with E-state index in [0.717, 1.165) is 18.8 Å². The van der Waals surface area contributed by atoms with Gasteiger partial charge in [0.25, 0.3) is 0 Å². The molecule has 2 aromatic heterocycles. The van der Waals surface area contributed by atoms with Crippen molar-refractivity contribution < 1.29 is 0 Å². The number of rotatable bonds is 6. The van der Waals surface area contributed by atoms with Crippen molar-refractivity contribution in [3.8, 4) is 0 Å². The standard InChI is InChI=1S/C13H20N4S/c1-10(2)17-13(15-9-16-17)7-14-11(3)6-12-4-5-18-8-12/h4-5,8-11,14H,6-7H2,1-3H3. The van der Waals surface area contributed by atoms with Crippen LogP contribution in [0.4, 0.5) is 0 Å². The smallest absolute Gasteiger partial charge is 0.141 e. The first-order valence-corrected chi connectivity index (χ1v) is 7.24. The van der Waals surface area contributed by atoms with Gasteiger partial charge in [-0.3, -0.25) is 0 Å². The van der Waals surface area contributed by atoms with Crippen molar-refractivity contribution in [2.75, 3.05) is 0 Å². The maximum absolute atomic E-state index is 4.30. The van der Waals surface area contributed by atoms with E-state index in [4.69, 9.17) is 0 Å². The van der Waals surface area contributed by atoms with Gasteiger partial charge in [-0.1, -0.05) is 0 Å². The topological polar surface area (TPSA) is 42.7 Å². The first kappa shape index (κ1) is 13.2. The average Bonchev–Trinajstić information content (AvgIpc) is 2.96. The summed E-state index contributed by atoms with van der Waals surface area (Å²) in [6, 6.07) is 2.98. The minimum Gasteiger partial charge on any atom is -0.307 e. The highest BCUT2D eigenvalue weighted by atomic mass is 32.1. The zero-order valence-electron chi connectivity index (χ0n) is 11.1. The summed E-state index contributed by atoms with van der Waals surface area (Å²) >= 11 is 1.75. The molecule has 0 aliphatic carbocycles. The molecule has 18 heavy (non-hydrogen) atoms. The molecule has 1 atom stereocenters. The third-order valence-corrected chi connectivity index (χ3v) is 3.60. The highest BCUT2D eigenvalue weighted by molar-refractivity contribution is 7.07. The Morgan fingerprint density at radius 2 is 2.22 bits per heavy atom. The number of hydrogen-bond acceptors (Lipinski definition) is 4. The third kappa shape index (κ3) is 3.40. The quantitative estimate of drug-likeness (QED) is 0.872. The van der Waals surface area contributed by atoms with Crippen molar-refractivity contribution in [1.82, 2.24) is 20.1 Å². The second kappa shape index (κ2) is 6.11. The molecule has 98 valence electrons. The summed E-state index contributed by atoms with van der Waals surface area (Å²) in [7, 11) is 0. The fraction of sp³-hybridized carbons (Fsp3) is 0.538. The molecule has 0 amide bonds. The molecule has 2 rings (SSSR count). The summed E-state index contributed by atoms with van der Waals surface area (Å²) in [4.78, 5) is 4.30. The van der Waals surface area contributed by atoms with E-state index in [1.54, 1.807) is 17.7 Å². The summed E-state index contributed by atoms with van der Waals surface area (Å²) in [6.07, 6.45) is 2.68. The van der Waals surface area contributed by atoms with Gasteiger partial charge in [-0.05, 0) is 49.6 Å². The van der Waals surface area contributed by atoms with E-state index in [0.29, 0.717) is 12.1 Å². The van der Waals surface area contributed by atoms with Crippen LogP contribution in [0.5, 0.6) is 0 Å². The van der Waals surface area contributed by atoms with Gasteiger partial charge in [0, 0.05) is 12.1 Å². The predicted octanol–water partition coefficient (Wildman–Crippen LogP) is 2.64. The van der Waals surface area contributed by atoms with Gasteiger partial charge in [0.15, 0.2) is 0 Å². The zero-order chi connectivity index (χ0) is 13.0. The molecule has 5 heteroatoms. The molecule has 0 aromatic carbocycles. The maximum Gasteiger partial charge on any atom is 0.141 e. The monoisotopic (exact) mass is 264 g/mol. The summed E-state index contributed by atoms with van der Waals surface area (Å²) < 4.78 is 1.96. The van der Waals surface area contributed by atoms with Crippen molar-refractivity contribution in [3.05, 3.63) is 34.5 Å². The van der Waals surface area contributed by atoms with Gasteiger partial charge in [0.2, 0.25) is 0 Å². The van der Waals surface area contributed by atoms with Crippen LogP contribution in [0.25, 0.3) is 0 Å².